The van der Waals surface area contributed by atoms with Gasteiger partial charge in [-0.15, -0.1) is 11.3 Å². The molecule has 0 saturated carbocycles. The lowest BCUT2D eigenvalue weighted by atomic mass is 10.1. The minimum absolute atomic E-state index is 0.141. The average molecular weight is 314 g/mol. The van der Waals surface area contributed by atoms with E-state index in [2.05, 4.69) is 10.6 Å². The number of benzene rings is 1. The molecule has 4 nitrogen and oxygen atoms in total. The first-order valence-electron chi connectivity index (χ1n) is 7.35. The van der Waals surface area contributed by atoms with Gasteiger partial charge in [0, 0.05) is 17.5 Å². The zero-order valence-corrected chi connectivity index (χ0v) is 13.5. The summed E-state index contributed by atoms with van der Waals surface area (Å²) in [6.45, 7) is 3.43. The SMILES string of the molecule is CC(=O)Nc1sc2c(c1C(=O)Nc1ccccc1C)CCC2. The maximum absolute atomic E-state index is 12.7. The van der Waals surface area contributed by atoms with Crippen LogP contribution in [0.4, 0.5) is 10.7 Å². The summed E-state index contributed by atoms with van der Waals surface area (Å²) in [4.78, 5) is 25.3. The van der Waals surface area contributed by atoms with Crippen molar-refractivity contribution in [3.8, 4) is 0 Å². The number of thiophene rings is 1. The van der Waals surface area contributed by atoms with Crippen molar-refractivity contribution in [1.29, 1.82) is 0 Å². The summed E-state index contributed by atoms with van der Waals surface area (Å²) in [5.41, 5.74) is 3.55. The van der Waals surface area contributed by atoms with Crippen LogP contribution in [-0.2, 0) is 17.6 Å². The van der Waals surface area contributed by atoms with E-state index in [9.17, 15) is 9.59 Å². The molecule has 5 heteroatoms. The second-order valence-corrected chi connectivity index (χ2v) is 6.62. The van der Waals surface area contributed by atoms with E-state index in [1.807, 2.05) is 31.2 Å². The molecule has 1 aliphatic carbocycles. The summed E-state index contributed by atoms with van der Waals surface area (Å²) in [6.07, 6.45) is 2.97. The van der Waals surface area contributed by atoms with Crippen molar-refractivity contribution in [1.82, 2.24) is 0 Å². The van der Waals surface area contributed by atoms with Crippen molar-refractivity contribution in [2.45, 2.75) is 33.1 Å². The minimum atomic E-state index is -0.148. The normalized spacial score (nSPS) is 12.8. The van der Waals surface area contributed by atoms with E-state index in [0.29, 0.717) is 10.6 Å². The van der Waals surface area contributed by atoms with Gasteiger partial charge in [-0.1, -0.05) is 18.2 Å². The van der Waals surface area contributed by atoms with Crippen LogP contribution in [0.5, 0.6) is 0 Å². The molecule has 0 atom stereocenters. The Morgan fingerprint density at radius 3 is 2.64 bits per heavy atom. The van der Waals surface area contributed by atoms with Crippen LogP contribution < -0.4 is 10.6 Å². The molecular weight excluding hydrogens is 296 g/mol. The Kier molecular flexibility index (Phi) is 3.98. The third kappa shape index (κ3) is 2.76. The molecule has 2 amide bonds. The second kappa shape index (κ2) is 5.93. The molecular formula is C17H18N2O2S. The molecule has 1 aromatic carbocycles. The predicted octanol–water partition coefficient (Wildman–Crippen LogP) is 3.76. The molecule has 0 aliphatic heterocycles. The lowest BCUT2D eigenvalue weighted by molar-refractivity contribution is -0.114. The number of aryl methyl sites for hydroxylation is 2. The van der Waals surface area contributed by atoms with E-state index in [1.165, 1.54) is 23.1 Å². The molecule has 2 aromatic rings. The Morgan fingerprint density at radius 1 is 1.14 bits per heavy atom. The van der Waals surface area contributed by atoms with E-state index in [1.54, 1.807) is 0 Å². The van der Waals surface area contributed by atoms with Crippen molar-refractivity contribution in [2.24, 2.45) is 0 Å². The van der Waals surface area contributed by atoms with Gasteiger partial charge >= 0.3 is 0 Å². The Morgan fingerprint density at radius 2 is 1.91 bits per heavy atom. The molecule has 1 aliphatic rings. The molecule has 2 N–H and O–H groups in total. The molecule has 1 aromatic heterocycles. The van der Waals surface area contributed by atoms with E-state index < -0.39 is 0 Å². The Balaban J connectivity index is 1.94. The van der Waals surface area contributed by atoms with Crippen LogP contribution in [0.3, 0.4) is 0 Å². The number of anilines is 2. The zero-order chi connectivity index (χ0) is 15.7. The summed E-state index contributed by atoms with van der Waals surface area (Å²) < 4.78 is 0. The topological polar surface area (TPSA) is 58.2 Å². The lowest BCUT2D eigenvalue weighted by Crippen LogP contribution is -2.17. The molecule has 0 radical (unpaired) electrons. The van der Waals surface area contributed by atoms with Crippen LogP contribution in [0.2, 0.25) is 0 Å². The van der Waals surface area contributed by atoms with Crippen molar-refractivity contribution >= 4 is 33.8 Å². The Hall–Kier alpha value is -2.14. The van der Waals surface area contributed by atoms with Crippen LogP contribution in [0.25, 0.3) is 0 Å². The first-order chi connectivity index (χ1) is 10.6. The van der Waals surface area contributed by atoms with Crippen LogP contribution in [0, 0.1) is 6.92 Å². The maximum Gasteiger partial charge on any atom is 0.258 e. The van der Waals surface area contributed by atoms with Crippen molar-refractivity contribution in [2.75, 3.05) is 10.6 Å². The summed E-state index contributed by atoms with van der Waals surface area (Å²) >= 11 is 1.53. The summed E-state index contributed by atoms with van der Waals surface area (Å²) in [5, 5.41) is 6.44. The summed E-state index contributed by atoms with van der Waals surface area (Å²) in [7, 11) is 0. The molecule has 1 heterocycles. The van der Waals surface area contributed by atoms with Gasteiger partial charge in [0.15, 0.2) is 0 Å². The molecule has 0 unspecified atom stereocenters. The van der Waals surface area contributed by atoms with Gasteiger partial charge in [-0.2, -0.15) is 0 Å². The van der Waals surface area contributed by atoms with E-state index >= 15 is 0 Å². The molecule has 22 heavy (non-hydrogen) atoms. The fourth-order valence-corrected chi connectivity index (χ4v) is 4.12. The molecule has 0 saturated heterocycles. The zero-order valence-electron chi connectivity index (χ0n) is 12.7. The minimum Gasteiger partial charge on any atom is -0.322 e. The van der Waals surface area contributed by atoms with Crippen LogP contribution in [0.15, 0.2) is 24.3 Å². The predicted molar refractivity (Wildman–Crippen MR) is 89.8 cm³/mol. The Bertz CT molecular complexity index is 749. The molecule has 0 fully saturated rings. The van der Waals surface area contributed by atoms with Gasteiger partial charge in [-0.3, -0.25) is 9.59 Å². The fraction of sp³-hybridized carbons (Fsp3) is 0.294. The highest BCUT2D eigenvalue weighted by Crippen LogP contribution is 2.39. The van der Waals surface area contributed by atoms with E-state index in [4.69, 9.17) is 0 Å². The molecule has 114 valence electrons. The first kappa shape index (κ1) is 14.8. The number of nitrogens with one attached hydrogen (secondary N) is 2. The van der Waals surface area contributed by atoms with Crippen LogP contribution in [0.1, 0.15) is 39.7 Å². The smallest absolute Gasteiger partial charge is 0.258 e. The third-order valence-electron chi connectivity index (χ3n) is 3.83. The number of carbonyl (C=O) groups excluding carboxylic acids is 2. The highest BCUT2D eigenvalue weighted by Gasteiger charge is 2.27. The van der Waals surface area contributed by atoms with Crippen LogP contribution >= 0.6 is 11.3 Å². The second-order valence-electron chi connectivity index (χ2n) is 5.51. The van der Waals surface area contributed by atoms with Gasteiger partial charge in [-0.25, -0.2) is 0 Å². The van der Waals surface area contributed by atoms with Gasteiger partial charge in [-0.05, 0) is 43.4 Å². The van der Waals surface area contributed by atoms with Gasteiger partial charge in [0.25, 0.3) is 5.91 Å². The number of amides is 2. The quantitative estimate of drug-likeness (QED) is 0.906. The summed E-state index contributed by atoms with van der Waals surface area (Å²) in [5.74, 6) is -0.290. The Labute approximate surface area is 133 Å². The maximum atomic E-state index is 12.7. The van der Waals surface area contributed by atoms with Crippen molar-refractivity contribution < 1.29 is 9.59 Å². The highest BCUT2D eigenvalue weighted by molar-refractivity contribution is 7.17. The monoisotopic (exact) mass is 314 g/mol. The summed E-state index contributed by atoms with van der Waals surface area (Å²) in [6, 6.07) is 7.69. The van der Waals surface area contributed by atoms with Crippen LogP contribution in [-0.4, -0.2) is 11.8 Å². The number of carbonyl (C=O) groups is 2. The van der Waals surface area contributed by atoms with E-state index in [0.717, 1.165) is 36.1 Å². The number of rotatable bonds is 3. The lowest BCUT2D eigenvalue weighted by Gasteiger charge is -2.10. The highest BCUT2D eigenvalue weighted by atomic mass is 32.1. The largest absolute Gasteiger partial charge is 0.322 e. The number of hydrogen-bond acceptors (Lipinski definition) is 3. The fourth-order valence-electron chi connectivity index (χ4n) is 2.79. The van der Waals surface area contributed by atoms with Crippen molar-refractivity contribution in [3.05, 3.63) is 45.8 Å². The molecule has 0 bridgehead atoms. The van der Waals surface area contributed by atoms with Gasteiger partial charge < -0.3 is 10.6 Å². The standard InChI is InChI=1S/C17H18N2O2S/c1-10-6-3-4-8-13(10)19-16(21)15-12-7-5-9-14(12)22-17(15)18-11(2)20/h3-4,6,8H,5,7,9H2,1-2H3,(H,18,20)(H,19,21). The first-order valence-corrected chi connectivity index (χ1v) is 8.17. The number of para-hydroxylation sites is 1. The van der Waals surface area contributed by atoms with Gasteiger partial charge in [0.1, 0.15) is 5.00 Å². The van der Waals surface area contributed by atoms with Gasteiger partial charge in [0.2, 0.25) is 5.91 Å². The van der Waals surface area contributed by atoms with Crippen molar-refractivity contribution in [3.63, 3.8) is 0 Å². The van der Waals surface area contributed by atoms with E-state index in [-0.39, 0.29) is 11.8 Å². The average Bonchev–Trinajstić information content (AvgIpc) is 3.00. The number of fused-ring (bicyclic) bond motifs is 1. The molecule has 3 rings (SSSR count). The number of hydrogen-bond donors (Lipinski definition) is 2. The molecule has 0 spiro atoms. The van der Waals surface area contributed by atoms with Gasteiger partial charge in [0.05, 0.1) is 5.56 Å². The third-order valence-corrected chi connectivity index (χ3v) is 5.04.